The molecular formula is C17H19N5OS. The molecule has 0 saturated heterocycles. The van der Waals surface area contributed by atoms with Crippen LogP contribution in [0, 0.1) is 25.2 Å². The topological polar surface area (TPSA) is 96.2 Å². The molecule has 124 valence electrons. The normalized spacial score (nSPS) is 13.7. The minimum absolute atomic E-state index is 0.697. The van der Waals surface area contributed by atoms with Crippen molar-refractivity contribution >= 4 is 23.6 Å². The quantitative estimate of drug-likeness (QED) is 0.663. The molecule has 0 aliphatic heterocycles. The van der Waals surface area contributed by atoms with E-state index in [1.165, 1.54) is 16.9 Å². The molecule has 7 heteroatoms. The second-order valence-electron chi connectivity index (χ2n) is 5.90. The molecule has 0 fully saturated rings. The first-order valence-corrected chi connectivity index (χ1v) is 8.67. The van der Waals surface area contributed by atoms with E-state index in [4.69, 9.17) is 5.73 Å². The first kappa shape index (κ1) is 16.3. The molecular weight excluding hydrogens is 322 g/mol. The zero-order valence-electron chi connectivity index (χ0n) is 13.7. The number of aromatic nitrogens is 1. The zero-order valence-corrected chi connectivity index (χ0v) is 14.5. The van der Waals surface area contributed by atoms with Crippen molar-refractivity contribution in [3.05, 3.63) is 39.0 Å². The third-order valence-electron chi connectivity index (χ3n) is 4.32. The number of carbonyl (C=O) groups excluding carboxylic acids is 1. The van der Waals surface area contributed by atoms with Crippen LogP contribution in [-0.4, -0.2) is 16.8 Å². The Bertz CT molecular complexity index is 869. The minimum Gasteiger partial charge on any atom is -0.350 e. The van der Waals surface area contributed by atoms with Gasteiger partial charge in [-0.15, -0.1) is 11.3 Å². The van der Waals surface area contributed by atoms with Gasteiger partial charge in [0.1, 0.15) is 11.1 Å². The van der Waals surface area contributed by atoms with Gasteiger partial charge in [-0.05, 0) is 51.2 Å². The SMILES string of the molecule is Cc1cc(/C=N/NC(N)=O)c(C)n1-c1sc2c(c1C#N)CCCC2. The van der Waals surface area contributed by atoms with Gasteiger partial charge in [0.25, 0.3) is 0 Å². The van der Waals surface area contributed by atoms with E-state index < -0.39 is 6.03 Å². The maximum Gasteiger partial charge on any atom is 0.332 e. The van der Waals surface area contributed by atoms with Gasteiger partial charge in [-0.3, -0.25) is 0 Å². The van der Waals surface area contributed by atoms with Crippen molar-refractivity contribution in [2.24, 2.45) is 10.8 Å². The highest BCUT2D eigenvalue weighted by Crippen LogP contribution is 2.38. The maximum atomic E-state index is 10.7. The number of primary amides is 1. The molecule has 0 aromatic carbocycles. The molecule has 0 bridgehead atoms. The lowest BCUT2D eigenvalue weighted by Crippen LogP contribution is -2.24. The van der Waals surface area contributed by atoms with Gasteiger partial charge in [0.2, 0.25) is 0 Å². The van der Waals surface area contributed by atoms with E-state index >= 15 is 0 Å². The highest BCUT2D eigenvalue weighted by atomic mass is 32.1. The number of nitrogens with two attached hydrogens (primary N) is 1. The Morgan fingerprint density at radius 2 is 2.21 bits per heavy atom. The zero-order chi connectivity index (χ0) is 17.3. The van der Waals surface area contributed by atoms with Crippen LogP contribution < -0.4 is 11.2 Å². The largest absolute Gasteiger partial charge is 0.350 e. The number of urea groups is 1. The Morgan fingerprint density at radius 3 is 2.92 bits per heavy atom. The van der Waals surface area contributed by atoms with Gasteiger partial charge in [0, 0.05) is 21.8 Å². The molecule has 0 radical (unpaired) electrons. The van der Waals surface area contributed by atoms with E-state index in [-0.39, 0.29) is 0 Å². The molecule has 3 rings (SSSR count). The van der Waals surface area contributed by atoms with Crippen LogP contribution >= 0.6 is 11.3 Å². The summed E-state index contributed by atoms with van der Waals surface area (Å²) < 4.78 is 2.10. The number of carbonyl (C=O) groups is 1. The van der Waals surface area contributed by atoms with Crippen molar-refractivity contribution in [1.29, 1.82) is 5.26 Å². The summed E-state index contributed by atoms with van der Waals surface area (Å²) in [5.41, 5.74) is 12.1. The Kier molecular flexibility index (Phi) is 4.40. The summed E-state index contributed by atoms with van der Waals surface area (Å²) in [5.74, 6) is 0. The summed E-state index contributed by atoms with van der Waals surface area (Å²) in [6.45, 7) is 3.99. The number of amides is 2. The van der Waals surface area contributed by atoms with Crippen LogP contribution in [0.3, 0.4) is 0 Å². The number of hydrogen-bond acceptors (Lipinski definition) is 4. The lowest BCUT2D eigenvalue weighted by atomic mass is 9.96. The van der Waals surface area contributed by atoms with Crippen molar-refractivity contribution in [3.8, 4) is 11.1 Å². The number of rotatable bonds is 3. The third-order valence-corrected chi connectivity index (χ3v) is 5.59. The smallest absolute Gasteiger partial charge is 0.332 e. The summed E-state index contributed by atoms with van der Waals surface area (Å²) in [7, 11) is 0. The molecule has 0 atom stereocenters. The summed E-state index contributed by atoms with van der Waals surface area (Å²) in [5, 5.41) is 14.5. The fourth-order valence-electron chi connectivity index (χ4n) is 3.22. The van der Waals surface area contributed by atoms with Crippen LogP contribution in [0.25, 0.3) is 5.00 Å². The van der Waals surface area contributed by atoms with Crippen molar-refractivity contribution in [2.45, 2.75) is 39.5 Å². The van der Waals surface area contributed by atoms with Crippen LogP contribution in [0.4, 0.5) is 4.79 Å². The predicted molar refractivity (Wildman–Crippen MR) is 94.8 cm³/mol. The van der Waals surface area contributed by atoms with E-state index in [1.807, 2.05) is 19.9 Å². The second kappa shape index (κ2) is 6.49. The van der Waals surface area contributed by atoms with Gasteiger partial charge in [-0.2, -0.15) is 10.4 Å². The van der Waals surface area contributed by atoms with E-state index in [0.29, 0.717) is 0 Å². The van der Waals surface area contributed by atoms with Gasteiger partial charge in [0.15, 0.2) is 0 Å². The van der Waals surface area contributed by atoms with Crippen LogP contribution in [0.1, 0.15) is 45.8 Å². The second-order valence-corrected chi connectivity index (χ2v) is 6.98. The number of nitrogens with one attached hydrogen (secondary N) is 1. The molecule has 1 aliphatic rings. The molecule has 24 heavy (non-hydrogen) atoms. The Labute approximate surface area is 144 Å². The Balaban J connectivity index is 2.06. The molecule has 0 spiro atoms. The molecule has 2 aromatic rings. The average molecular weight is 341 g/mol. The monoisotopic (exact) mass is 341 g/mol. The Morgan fingerprint density at radius 1 is 1.46 bits per heavy atom. The lowest BCUT2D eigenvalue weighted by molar-refractivity contribution is 0.249. The van der Waals surface area contributed by atoms with E-state index in [1.54, 1.807) is 17.6 Å². The van der Waals surface area contributed by atoms with Crippen LogP contribution in [0.5, 0.6) is 0 Å². The van der Waals surface area contributed by atoms with Gasteiger partial charge in [-0.1, -0.05) is 0 Å². The highest BCUT2D eigenvalue weighted by Gasteiger charge is 2.23. The molecule has 1 aliphatic carbocycles. The number of nitrogens with zero attached hydrogens (tertiary/aromatic N) is 3. The first-order chi connectivity index (χ1) is 11.5. The number of fused-ring (bicyclic) bond motifs is 1. The molecule has 0 saturated carbocycles. The third kappa shape index (κ3) is 2.81. The van der Waals surface area contributed by atoms with Crippen LogP contribution in [0.15, 0.2) is 11.2 Å². The number of nitriles is 1. The van der Waals surface area contributed by atoms with Gasteiger partial charge < -0.3 is 10.3 Å². The predicted octanol–water partition coefficient (Wildman–Crippen LogP) is 2.91. The summed E-state index contributed by atoms with van der Waals surface area (Å²) in [6.07, 6.45) is 5.97. The molecule has 3 N–H and O–H groups in total. The molecule has 2 heterocycles. The number of hydrogen-bond donors (Lipinski definition) is 2. The van der Waals surface area contributed by atoms with Crippen molar-refractivity contribution in [3.63, 3.8) is 0 Å². The molecule has 2 amide bonds. The van der Waals surface area contributed by atoms with E-state index in [0.717, 1.165) is 46.8 Å². The minimum atomic E-state index is -0.697. The van der Waals surface area contributed by atoms with E-state index in [9.17, 15) is 10.1 Å². The maximum absolute atomic E-state index is 10.7. The fraction of sp³-hybridized carbons (Fsp3) is 0.353. The van der Waals surface area contributed by atoms with Gasteiger partial charge in [-0.25, -0.2) is 10.2 Å². The highest BCUT2D eigenvalue weighted by molar-refractivity contribution is 7.15. The Hall–Kier alpha value is -2.59. The number of aryl methyl sites for hydroxylation is 2. The van der Waals surface area contributed by atoms with Crippen molar-refractivity contribution in [1.82, 2.24) is 9.99 Å². The van der Waals surface area contributed by atoms with Crippen LogP contribution in [-0.2, 0) is 12.8 Å². The summed E-state index contributed by atoms with van der Waals surface area (Å²) in [6, 6.07) is 3.70. The molecule has 0 unspecified atom stereocenters. The number of thiophene rings is 1. The molecule has 2 aromatic heterocycles. The number of hydrazone groups is 1. The average Bonchev–Trinajstić information content (AvgIpc) is 3.04. The van der Waals surface area contributed by atoms with Crippen molar-refractivity contribution < 1.29 is 4.79 Å². The van der Waals surface area contributed by atoms with E-state index in [2.05, 4.69) is 21.2 Å². The van der Waals surface area contributed by atoms with Gasteiger partial charge in [0.05, 0.1) is 11.8 Å². The van der Waals surface area contributed by atoms with Crippen LogP contribution in [0.2, 0.25) is 0 Å². The standard InChI is InChI=1S/C17H19N5OS/c1-10-7-12(9-20-21-17(19)23)11(2)22(10)16-14(8-18)13-5-3-4-6-15(13)24-16/h7,9H,3-6H2,1-2H3,(H3,19,21,23)/b20-9+. The summed E-state index contributed by atoms with van der Waals surface area (Å²) >= 11 is 1.72. The lowest BCUT2D eigenvalue weighted by Gasteiger charge is -2.10. The molecule has 6 nitrogen and oxygen atoms in total. The first-order valence-electron chi connectivity index (χ1n) is 7.85. The van der Waals surface area contributed by atoms with Gasteiger partial charge >= 0.3 is 6.03 Å². The van der Waals surface area contributed by atoms with Crippen molar-refractivity contribution in [2.75, 3.05) is 0 Å². The fourth-order valence-corrected chi connectivity index (χ4v) is 4.67. The summed E-state index contributed by atoms with van der Waals surface area (Å²) in [4.78, 5) is 12.1.